The minimum Gasteiger partial charge on any atom is -0.465 e. The van der Waals surface area contributed by atoms with Gasteiger partial charge in [-0.2, -0.15) is 0 Å². The highest BCUT2D eigenvalue weighted by Gasteiger charge is 2.56. The molecule has 0 saturated carbocycles. The Morgan fingerprint density at radius 2 is 1.84 bits per heavy atom. The van der Waals surface area contributed by atoms with Gasteiger partial charge in [-0.05, 0) is 33.3 Å². The fourth-order valence-electron chi connectivity index (χ4n) is 4.46. The second-order valence-corrected chi connectivity index (χ2v) is 7.91. The van der Waals surface area contributed by atoms with Crippen LogP contribution in [0.3, 0.4) is 0 Å². The number of imide groups is 1. The number of ether oxygens (including phenoxy) is 1. The third kappa shape index (κ3) is 3.15. The van der Waals surface area contributed by atoms with Crippen LogP contribution in [0.4, 0.5) is 4.79 Å². The molecule has 31 heavy (non-hydrogen) atoms. The predicted molar refractivity (Wildman–Crippen MR) is 113 cm³/mol. The van der Waals surface area contributed by atoms with E-state index in [0.29, 0.717) is 5.96 Å². The Kier molecular flexibility index (Phi) is 5.20. The molecule has 1 aromatic rings. The number of guanidine groups is 1. The van der Waals surface area contributed by atoms with Crippen molar-refractivity contribution >= 4 is 23.9 Å². The summed E-state index contributed by atoms with van der Waals surface area (Å²) < 4.78 is 4.95. The van der Waals surface area contributed by atoms with Gasteiger partial charge in [-0.1, -0.05) is 30.3 Å². The van der Waals surface area contributed by atoms with E-state index in [2.05, 4.69) is 24.0 Å². The van der Waals surface area contributed by atoms with E-state index in [9.17, 15) is 14.4 Å². The number of carbonyl (C=O) groups is 3. The van der Waals surface area contributed by atoms with Gasteiger partial charge in [0.05, 0.1) is 12.6 Å². The summed E-state index contributed by atoms with van der Waals surface area (Å²) in [5.41, 5.74) is 3.02. The molecule has 3 unspecified atom stereocenters. The number of likely N-dealkylation sites (N-methyl/N-ethyl adjacent to an activating group) is 1. The SMILES string of the molecule is CCOC(=O)CN1C(=O)C2C(N=C3N(C(C)c4ccccc4)C(C)=C(C)N32)N(C)C1=O. The van der Waals surface area contributed by atoms with Crippen LogP contribution in [0.15, 0.2) is 46.7 Å². The zero-order valence-electron chi connectivity index (χ0n) is 18.4. The van der Waals surface area contributed by atoms with Crippen LogP contribution in [-0.2, 0) is 14.3 Å². The van der Waals surface area contributed by atoms with Crippen molar-refractivity contribution in [3.05, 3.63) is 47.3 Å². The summed E-state index contributed by atoms with van der Waals surface area (Å²) in [5.74, 6) is -0.409. The van der Waals surface area contributed by atoms with Crippen molar-refractivity contribution in [2.24, 2.45) is 4.99 Å². The van der Waals surface area contributed by atoms with Crippen molar-refractivity contribution in [3.8, 4) is 0 Å². The van der Waals surface area contributed by atoms with Crippen molar-refractivity contribution < 1.29 is 19.1 Å². The standard InChI is InChI=1S/C22H27N5O4/c1-6-31-17(28)12-25-20(29)18-19(24(5)22(25)30)23-21-26(13(2)14(3)27(18)21)15(4)16-10-8-7-9-11-16/h7-11,15,18-19H,6,12H2,1-5H3. The molecule has 3 aliphatic rings. The lowest BCUT2D eigenvalue weighted by atomic mass is 10.1. The van der Waals surface area contributed by atoms with Crippen molar-refractivity contribution in [2.75, 3.05) is 20.2 Å². The highest BCUT2D eigenvalue weighted by Crippen LogP contribution is 2.41. The summed E-state index contributed by atoms with van der Waals surface area (Å²) in [4.78, 5) is 49.4. The van der Waals surface area contributed by atoms with Gasteiger partial charge in [-0.25, -0.2) is 9.79 Å². The van der Waals surface area contributed by atoms with Gasteiger partial charge in [0.1, 0.15) is 6.54 Å². The third-order valence-electron chi connectivity index (χ3n) is 6.20. The molecule has 3 atom stereocenters. The fourth-order valence-corrected chi connectivity index (χ4v) is 4.46. The summed E-state index contributed by atoms with van der Waals surface area (Å²) in [6.07, 6.45) is -0.651. The molecule has 1 saturated heterocycles. The molecule has 0 aliphatic carbocycles. The number of carbonyl (C=O) groups excluding carboxylic acids is 3. The Balaban J connectivity index is 1.68. The van der Waals surface area contributed by atoms with Crippen LogP contribution in [0.1, 0.15) is 39.3 Å². The predicted octanol–water partition coefficient (Wildman–Crippen LogP) is 2.14. The molecule has 4 rings (SSSR count). The highest BCUT2D eigenvalue weighted by atomic mass is 16.5. The summed E-state index contributed by atoms with van der Waals surface area (Å²) in [6.45, 7) is 7.50. The maximum atomic E-state index is 13.4. The first kappa shape index (κ1) is 20.9. The number of fused-ring (bicyclic) bond motifs is 3. The van der Waals surface area contributed by atoms with Crippen LogP contribution < -0.4 is 0 Å². The molecular weight excluding hydrogens is 398 g/mol. The summed E-state index contributed by atoms with van der Waals surface area (Å²) in [6, 6.07) is 8.80. The monoisotopic (exact) mass is 425 g/mol. The largest absolute Gasteiger partial charge is 0.465 e. The van der Waals surface area contributed by atoms with E-state index >= 15 is 0 Å². The minimum atomic E-state index is -0.713. The first-order valence-electron chi connectivity index (χ1n) is 10.4. The molecule has 0 radical (unpaired) electrons. The molecule has 1 fully saturated rings. The van der Waals surface area contributed by atoms with E-state index in [4.69, 9.17) is 9.73 Å². The molecule has 164 valence electrons. The number of hydrogen-bond acceptors (Lipinski definition) is 7. The molecule has 0 spiro atoms. The van der Waals surface area contributed by atoms with Gasteiger partial charge in [-0.3, -0.25) is 19.4 Å². The molecule has 0 N–H and O–H groups in total. The van der Waals surface area contributed by atoms with Crippen molar-refractivity contribution in [3.63, 3.8) is 0 Å². The maximum absolute atomic E-state index is 13.4. The molecule has 3 heterocycles. The molecule has 0 aromatic heterocycles. The fraction of sp³-hybridized carbons (Fsp3) is 0.455. The molecule has 0 bridgehead atoms. The number of rotatable bonds is 5. The number of aliphatic imine (C=N–C) groups is 1. The zero-order valence-corrected chi connectivity index (χ0v) is 18.4. The molecule has 3 amide bonds. The second kappa shape index (κ2) is 7.72. The molecule has 1 aromatic carbocycles. The third-order valence-corrected chi connectivity index (χ3v) is 6.20. The van der Waals surface area contributed by atoms with Crippen molar-refractivity contribution in [1.29, 1.82) is 0 Å². The maximum Gasteiger partial charge on any atom is 0.328 e. The topological polar surface area (TPSA) is 85.8 Å². The van der Waals surface area contributed by atoms with Crippen LogP contribution in [0.25, 0.3) is 0 Å². The zero-order chi connectivity index (χ0) is 22.4. The number of esters is 1. The number of urea groups is 1. The number of allylic oxidation sites excluding steroid dienone is 2. The van der Waals surface area contributed by atoms with Crippen molar-refractivity contribution in [2.45, 2.75) is 45.9 Å². The Labute approximate surface area is 181 Å². The van der Waals surface area contributed by atoms with E-state index in [0.717, 1.165) is 21.9 Å². The summed E-state index contributed by atoms with van der Waals surface area (Å²) in [5, 5.41) is 0. The first-order chi connectivity index (χ1) is 14.8. The van der Waals surface area contributed by atoms with E-state index in [-0.39, 0.29) is 12.6 Å². The second-order valence-electron chi connectivity index (χ2n) is 7.91. The quantitative estimate of drug-likeness (QED) is 0.672. The van der Waals surface area contributed by atoms with Gasteiger partial charge >= 0.3 is 12.0 Å². The highest BCUT2D eigenvalue weighted by molar-refractivity contribution is 6.06. The number of hydrogen-bond donors (Lipinski definition) is 0. The smallest absolute Gasteiger partial charge is 0.328 e. The van der Waals surface area contributed by atoms with Crippen LogP contribution in [0.2, 0.25) is 0 Å². The molecular formula is C22H27N5O4. The van der Waals surface area contributed by atoms with Crippen LogP contribution in [0, 0.1) is 0 Å². The Morgan fingerprint density at radius 1 is 1.16 bits per heavy atom. The van der Waals surface area contributed by atoms with E-state index in [1.54, 1.807) is 14.0 Å². The van der Waals surface area contributed by atoms with Gasteiger partial charge < -0.3 is 14.5 Å². The molecule has 9 heteroatoms. The van der Waals surface area contributed by atoms with E-state index in [1.807, 2.05) is 36.9 Å². The van der Waals surface area contributed by atoms with E-state index in [1.165, 1.54) is 4.90 Å². The molecule has 9 nitrogen and oxygen atoms in total. The minimum absolute atomic E-state index is 0.00759. The van der Waals surface area contributed by atoms with E-state index < -0.39 is 36.7 Å². The van der Waals surface area contributed by atoms with Crippen LogP contribution >= 0.6 is 0 Å². The molecule has 3 aliphatic heterocycles. The van der Waals surface area contributed by atoms with Crippen molar-refractivity contribution in [1.82, 2.24) is 19.6 Å². The number of amides is 3. The van der Waals surface area contributed by atoms with Crippen LogP contribution in [-0.4, -0.2) is 75.9 Å². The normalized spacial score (nSPS) is 23.8. The first-order valence-corrected chi connectivity index (χ1v) is 10.4. The Morgan fingerprint density at radius 3 is 2.48 bits per heavy atom. The number of benzene rings is 1. The number of nitrogens with zero attached hydrogens (tertiary/aromatic N) is 5. The average molecular weight is 425 g/mol. The van der Waals surface area contributed by atoms with Gasteiger partial charge in [-0.15, -0.1) is 0 Å². The Bertz CT molecular complexity index is 989. The lowest BCUT2D eigenvalue weighted by molar-refractivity contribution is -0.150. The van der Waals surface area contributed by atoms with Gasteiger partial charge in [0.2, 0.25) is 5.96 Å². The van der Waals surface area contributed by atoms with Crippen LogP contribution in [0.5, 0.6) is 0 Å². The average Bonchev–Trinajstić information content (AvgIpc) is 3.25. The lowest BCUT2D eigenvalue weighted by Gasteiger charge is -2.40. The van der Waals surface area contributed by atoms with Gasteiger partial charge in [0, 0.05) is 18.4 Å². The van der Waals surface area contributed by atoms with Gasteiger partial charge in [0.15, 0.2) is 12.2 Å². The summed E-state index contributed by atoms with van der Waals surface area (Å²) in [7, 11) is 1.60. The van der Waals surface area contributed by atoms with Gasteiger partial charge in [0.25, 0.3) is 5.91 Å². The Hall–Kier alpha value is -3.36. The summed E-state index contributed by atoms with van der Waals surface area (Å²) >= 11 is 0. The lowest BCUT2D eigenvalue weighted by Crippen LogP contribution is -2.65.